The molecule has 2 aromatic heterocycles. The number of esters is 2. The Bertz CT molecular complexity index is 701. The monoisotopic (exact) mass is 302 g/mol. The average Bonchev–Trinajstić information content (AvgIpc) is 3.21. The van der Waals surface area contributed by atoms with Gasteiger partial charge < -0.3 is 9.47 Å². The fourth-order valence-corrected chi connectivity index (χ4v) is 1.42. The number of carbonyl (C=O) groups excluding carboxylic acids is 2. The van der Waals surface area contributed by atoms with Crippen molar-refractivity contribution >= 4 is 11.9 Å². The Balaban J connectivity index is 1.67. The molecule has 0 aliphatic rings. The maximum atomic E-state index is 11.8. The van der Waals surface area contributed by atoms with Crippen LogP contribution in [0.3, 0.4) is 0 Å². The van der Waals surface area contributed by atoms with Gasteiger partial charge >= 0.3 is 24.0 Å². The fraction of sp³-hybridized carbons (Fsp3) is 0. The molecule has 0 aliphatic heterocycles. The van der Waals surface area contributed by atoms with Crippen LogP contribution < -0.4 is 9.47 Å². The van der Waals surface area contributed by atoms with Crippen LogP contribution >= 0.6 is 0 Å². The number of nitrogens with zero attached hydrogens (tertiary/aromatic N) is 6. The van der Waals surface area contributed by atoms with Crippen molar-refractivity contribution in [3.63, 3.8) is 0 Å². The second kappa shape index (κ2) is 5.74. The number of hydrogen-bond acceptors (Lipinski definition) is 10. The standard InChI is InChI=1S/C10H6N8O4/c19-7(21-9-11-15-16-12-9)5-1-2-6(4-3-5)8(20)22-10-13-17-18-14-10/h1-4H,(H,11,12,15,16)(H,13,14,17,18). The fourth-order valence-electron chi connectivity index (χ4n) is 1.42. The molecular weight excluding hydrogens is 296 g/mol. The molecule has 0 saturated heterocycles. The van der Waals surface area contributed by atoms with E-state index in [4.69, 9.17) is 9.47 Å². The van der Waals surface area contributed by atoms with E-state index in [1.807, 2.05) is 0 Å². The van der Waals surface area contributed by atoms with E-state index >= 15 is 0 Å². The van der Waals surface area contributed by atoms with Crippen molar-refractivity contribution in [1.29, 1.82) is 0 Å². The third kappa shape index (κ3) is 2.90. The highest BCUT2D eigenvalue weighted by Crippen LogP contribution is 2.09. The number of tetrazole rings is 2. The van der Waals surface area contributed by atoms with Gasteiger partial charge in [0.05, 0.1) is 11.1 Å². The highest BCUT2D eigenvalue weighted by atomic mass is 16.6. The topological polar surface area (TPSA) is 162 Å². The van der Waals surface area contributed by atoms with Crippen molar-refractivity contribution in [2.75, 3.05) is 0 Å². The first-order valence-corrected chi connectivity index (χ1v) is 5.74. The van der Waals surface area contributed by atoms with Crippen molar-refractivity contribution in [1.82, 2.24) is 41.2 Å². The zero-order valence-electron chi connectivity index (χ0n) is 10.6. The summed E-state index contributed by atoms with van der Waals surface area (Å²) in [4.78, 5) is 23.5. The molecular formula is C10H6N8O4. The highest BCUT2D eigenvalue weighted by molar-refractivity contribution is 5.94. The van der Waals surface area contributed by atoms with E-state index in [2.05, 4.69) is 41.2 Å². The number of hydrogen-bond donors (Lipinski definition) is 2. The predicted molar refractivity (Wildman–Crippen MR) is 64.7 cm³/mol. The van der Waals surface area contributed by atoms with Gasteiger partial charge in [-0.15, -0.1) is 0 Å². The minimum atomic E-state index is -0.682. The van der Waals surface area contributed by atoms with E-state index in [0.717, 1.165) is 0 Å². The summed E-state index contributed by atoms with van der Waals surface area (Å²) in [7, 11) is 0. The first-order valence-electron chi connectivity index (χ1n) is 5.74. The summed E-state index contributed by atoms with van der Waals surface area (Å²) in [6, 6.07) is 5.29. The number of aromatic nitrogens is 8. The normalized spacial score (nSPS) is 10.2. The number of nitrogens with one attached hydrogen (secondary N) is 2. The third-order valence-electron chi connectivity index (χ3n) is 2.39. The van der Waals surface area contributed by atoms with Crippen LogP contribution in [-0.2, 0) is 0 Å². The minimum absolute atomic E-state index is 0.133. The number of aromatic amines is 2. The molecule has 0 spiro atoms. The van der Waals surface area contributed by atoms with Crippen molar-refractivity contribution < 1.29 is 19.1 Å². The van der Waals surface area contributed by atoms with Crippen LogP contribution in [0.15, 0.2) is 24.3 Å². The molecule has 0 atom stereocenters. The number of rotatable bonds is 4. The molecule has 0 radical (unpaired) electrons. The average molecular weight is 302 g/mol. The van der Waals surface area contributed by atoms with Crippen LogP contribution in [0.1, 0.15) is 20.7 Å². The van der Waals surface area contributed by atoms with Crippen LogP contribution in [-0.4, -0.2) is 53.2 Å². The second-order valence-electron chi connectivity index (χ2n) is 3.77. The molecule has 0 saturated carbocycles. The van der Waals surface area contributed by atoms with Gasteiger partial charge in [0, 0.05) is 0 Å². The summed E-state index contributed by atoms with van der Waals surface area (Å²) in [5, 5.41) is 24.4. The van der Waals surface area contributed by atoms with Gasteiger partial charge in [-0.25, -0.2) is 19.8 Å². The van der Waals surface area contributed by atoms with E-state index in [1.54, 1.807) is 0 Å². The Morgan fingerprint density at radius 1 is 0.773 bits per heavy atom. The molecule has 0 aliphatic carbocycles. The number of carbonyl (C=O) groups is 2. The molecule has 0 unspecified atom stereocenters. The lowest BCUT2D eigenvalue weighted by Crippen LogP contribution is -2.12. The number of ether oxygens (including phenoxy) is 2. The van der Waals surface area contributed by atoms with Crippen molar-refractivity contribution in [2.24, 2.45) is 0 Å². The predicted octanol–water partition coefficient (Wildman–Crippen LogP) is -0.849. The lowest BCUT2D eigenvalue weighted by molar-refractivity contribution is 0.0704. The van der Waals surface area contributed by atoms with Gasteiger partial charge in [-0.05, 0) is 45.1 Å². The molecule has 3 aromatic rings. The molecule has 0 amide bonds. The molecule has 1 aromatic carbocycles. The molecule has 2 heterocycles. The van der Waals surface area contributed by atoms with Crippen LogP contribution in [0.25, 0.3) is 0 Å². The molecule has 0 fully saturated rings. The molecule has 3 rings (SSSR count). The first kappa shape index (κ1) is 13.3. The lowest BCUT2D eigenvalue weighted by atomic mass is 10.1. The SMILES string of the molecule is O=C(Oc1nnn[nH]1)c1ccc(C(=O)Oc2nnn[nH]2)cc1. The van der Waals surface area contributed by atoms with Crippen LogP contribution in [0, 0.1) is 0 Å². The first-order chi connectivity index (χ1) is 10.7. The molecule has 110 valence electrons. The summed E-state index contributed by atoms with van der Waals surface area (Å²) in [6.45, 7) is 0. The zero-order valence-corrected chi connectivity index (χ0v) is 10.6. The largest absolute Gasteiger partial charge is 0.386 e. The van der Waals surface area contributed by atoms with Gasteiger partial charge in [0.15, 0.2) is 0 Å². The van der Waals surface area contributed by atoms with Crippen molar-refractivity contribution in [3.8, 4) is 12.0 Å². The van der Waals surface area contributed by atoms with E-state index in [-0.39, 0.29) is 23.1 Å². The van der Waals surface area contributed by atoms with Crippen molar-refractivity contribution in [3.05, 3.63) is 35.4 Å². The third-order valence-corrected chi connectivity index (χ3v) is 2.39. The Labute approximate surface area is 120 Å². The maximum absolute atomic E-state index is 11.8. The van der Waals surface area contributed by atoms with E-state index in [0.29, 0.717) is 0 Å². The smallest absolute Gasteiger partial charge is 0.345 e. The van der Waals surface area contributed by atoms with Gasteiger partial charge in [0.2, 0.25) is 0 Å². The van der Waals surface area contributed by atoms with E-state index in [1.165, 1.54) is 24.3 Å². The maximum Gasteiger partial charge on any atom is 0.345 e. The van der Waals surface area contributed by atoms with Crippen molar-refractivity contribution in [2.45, 2.75) is 0 Å². The van der Waals surface area contributed by atoms with Crippen LogP contribution in [0.4, 0.5) is 0 Å². The molecule has 12 nitrogen and oxygen atoms in total. The molecule has 12 heteroatoms. The summed E-state index contributed by atoms with van der Waals surface area (Å²) < 4.78 is 9.70. The Morgan fingerprint density at radius 2 is 1.18 bits per heavy atom. The van der Waals surface area contributed by atoms with Crippen LogP contribution in [0.5, 0.6) is 12.0 Å². The van der Waals surface area contributed by atoms with Gasteiger partial charge in [0.1, 0.15) is 0 Å². The van der Waals surface area contributed by atoms with Crippen LogP contribution in [0.2, 0.25) is 0 Å². The van der Waals surface area contributed by atoms with Gasteiger partial charge in [-0.2, -0.15) is 0 Å². The molecule has 22 heavy (non-hydrogen) atoms. The number of benzene rings is 1. The highest BCUT2D eigenvalue weighted by Gasteiger charge is 2.14. The summed E-state index contributed by atoms with van der Waals surface area (Å²) in [5.41, 5.74) is 0.406. The minimum Gasteiger partial charge on any atom is -0.386 e. The molecule has 0 bridgehead atoms. The second-order valence-corrected chi connectivity index (χ2v) is 3.77. The molecule has 2 N–H and O–H groups in total. The summed E-state index contributed by atoms with van der Waals surface area (Å²) in [6.07, 6.45) is 0. The van der Waals surface area contributed by atoms with Gasteiger partial charge in [-0.3, -0.25) is 0 Å². The van der Waals surface area contributed by atoms with E-state index in [9.17, 15) is 9.59 Å². The van der Waals surface area contributed by atoms with Gasteiger partial charge in [-0.1, -0.05) is 10.2 Å². The summed E-state index contributed by atoms with van der Waals surface area (Å²) >= 11 is 0. The Kier molecular flexibility index (Phi) is 3.47. The Hall–Kier alpha value is -3.70. The van der Waals surface area contributed by atoms with E-state index < -0.39 is 11.9 Å². The lowest BCUT2D eigenvalue weighted by Gasteiger charge is -2.02. The van der Waals surface area contributed by atoms with Gasteiger partial charge in [0.25, 0.3) is 0 Å². The zero-order chi connectivity index (χ0) is 15.4. The Morgan fingerprint density at radius 3 is 1.50 bits per heavy atom. The quantitative estimate of drug-likeness (QED) is 0.580. The summed E-state index contributed by atoms with van der Waals surface area (Å²) in [5.74, 6) is -1.36. The number of H-pyrrole nitrogens is 2.